The number of esters is 1. The lowest BCUT2D eigenvalue weighted by molar-refractivity contribution is -0.149. The van der Waals surface area contributed by atoms with Gasteiger partial charge in [-0.1, -0.05) is 31.5 Å². The molecule has 0 radical (unpaired) electrons. The Balaban J connectivity index is 1.81. The smallest absolute Gasteiger partial charge is 0.416 e. The third-order valence-corrected chi connectivity index (χ3v) is 7.67. The minimum Gasteiger partial charge on any atom is -0.611 e. The van der Waals surface area contributed by atoms with Crippen LogP contribution in [0.3, 0.4) is 0 Å². The number of carbonyl (C=O) groups excluding carboxylic acids is 1. The molecule has 8 heteroatoms. The first kappa shape index (κ1) is 25.2. The first-order valence-electron chi connectivity index (χ1n) is 10.5. The standard InChI is InChI=1S/C25H27F3O4S/c1-14-10-15(2)21(16(3)11-14)22-19(29)12-20(32-23(22)30)24(4,5)13-33(31)18-8-6-17(7-9-18)25(26,27)28/h6-11,20,29H,12-13H2,1-5H3. The lowest BCUT2D eigenvalue weighted by Crippen LogP contribution is -2.42. The Bertz CT molecular complexity index is 1060. The number of ether oxygens (including phenoxy) is 1. The maximum Gasteiger partial charge on any atom is 0.416 e. The largest absolute Gasteiger partial charge is 0.611 e. The number of aryl methyl sites for hydroxylation is 3. The number of alkyl halides is 3. The van der Waals surface area contributed by atoms with Gasteiger partial charge in [-0.05, 0) is 72.9 Å². The molecule has 0 saturated carbocycles. The van der Waals surface area contributed by atoms with Crippen LogP contribution in [0.25, 0.3) is 5.57 Å². The highest BCUT2D eigenvalue weighted by Gasteiger charge is 2.43. The van der Waals surface area contributed by atoms with Crippen LogP contribution in [0.15, 0.2) is 47.1 Å². The average Bonchev–Trinajstić information content (AvgIpc) is 2.68. The average molecular weight is 481 g/mol. The highest BCUT2D eigenvalue weighted by atomic mass is 32.2. The Labute approximate surface area is 194 Å². The number of aliphatic hydroxyl groups excluding tert-OH is 1. The Morgan fingerprint density at radius 3 is 2.12 bits per heavy atom. The molecule has 4 nitrogen and oxygen atoms in total. The molecule has 1 aliphatic heterocycles. The van der Waals surface area contributed by atoms with Crippen molar-refractivity contribution in [3.8, 4) is 0 Å². The molecule has 0 fully saturated rings. The second kappa shape index (κ2) is 9.06. The van der Waals surface area contributed by atoms with Crippen LogP contribution in [-0.2, 0) is 26.9 Å². The molecule has 0 aromatic heterocycles. The van der Waals surface area contributed by atoms with Gasteiger partial charge in [0.1, 0.15) is 23.2 Å². The zero-order valence-electron chi connectivity index (χ0n) is 19.2. The van der Waals surface area contributed by atoms with Crippen LogP contribution < -0.4 is 0 Å². The fraction of sp³-hybridized carbons (Fsp3) is 0.400. The van der Waals surface area contributed by atoms with Gasteiger partial charge in [0.05, 0.1) is 5.56 Å². The first-order chi connectivity index (χ1) is 15.2. The third kappa shape index (κ3) is 5.38. The molecule has 1 heterocycles. The van der Waals surface area contributed by atoms with Crippen molar-refractivity contribution < 1.29 is 32.4 Å². The molecule has 0 bridgehead atoms. The fourth-order valence-electron chi connectivity index (χ4n) is 4.19. The minimum atomic E-state index is -4.47. The summed E-state index contributed by atoms with van der Waals surface area (Å²) in [7, 11) is 0. The monoisotopic (exact) mass is 480 g/mol. The normalized spacial score (nSPS) is 18.3. The van der Waals surface area contributed by atoms with Gasteiger partial charge in [-0.2, -0.15) is 13.2 Å². The van der Waals surface area contributed by atoms with E-state index in [1.54, 1.807) is 13.8 Å². The summed E-state index contributed by atoms with van der Waals surface area (Å²) in [5, 5.41) is 10.8. The zero-order chi connectivity index (χ0) is 24.7. The number of hydrogen-bond donors (Lipinski definition) is 1. The van der Waals surface area contributed by atoms with E-state index < -0.39 is 40.4 Å². The van der Waals surface area contributed by atoms with Crippen molar-refractivity contribution in [1.29, 1.82) is 0 Å². The summed E-state index contributed by atoms with van der Waals surface area (Å²) in [6.07, 6.45) is -5.14. The van der Waals surface area contributed by atoms with Crippen molar-refractivity contribution in [3.05, 3.63) is 70.0 Å². The van der Waals surface area contributed by atoms with Crippen molar-refractivity contribution >= 4 is 22.7 Å². The summed E-state index contributed by atoms with van der Waals surface area (Å²) in [6, 6.07) is 8.04. The molecular formula is C25H27F3O4S. The van der Waals surface area contributed by atoms with Crippen molar-refractivity contribution in [2.24, 2.45) is 5.41 Å². The van der Waals surface area contributed by atoms with Crippen LogP contribution in [0, 0.1) is 26.2 Å². The second-order valence-electron chi connectivity index (χ2n) is 9.19. The van der Waals surface area contributed by atoms with E-state index in [4.69, 9.17) is 4.74 Å². The Kier molecular flexibility index (Phi) is 6.92. The first-order valence-corrected chi connectivity index (χ1v) is 11.8. The van der Waals surface area contributed by atoms with E-state index in [9.17, 15) is 27.6 Å². The lowest BCUT2D eigenvalue weighted by atomic mass is 9.83. The van der Waals surface area contributed by atoms with E-state index in [0.29, 0.717) is 5.56 Å². The number of cyclic esters (lactones) is 1. The molecule has 2 aromatic rings. The molecular weight excluding hydrogens is 453 g/mol. The molecule has 0 saturated heterocycles. The molecule has 0 aliphatic carbocycles. The van der Waals surface area contributed by atoms with Gasteiger partial charge in [0.15, 0.2) is 4.90 Å². The molecule has 33 heavy (non-hydrogen) atoms. The fourth-order valence-corrected chi connectivity index (χ4v) is 5.66. The van der Waals surface area contributed by atoms with Gasteiger partial charge in [-0.25, -0.2) is 4.79 Å². The zero-order valence-corrected chi connectivity index (χ0v) is 20.0. The summed E-state index contributed by atoms with van der Waals surface area (Å²) in [5.41, 5.74) is 1.92. The molecule has 2 atom stereocenters. The van der Waals surface area contributed by atoms with Crippen LogP contribution in [0.4, 0.5) is 13.2 Å². The predicted octanol–water partition coefficient (Wildman–Crippen LogP) is 6.05. The number of benzene rings is 2. The third-order valence-electron chi connectivity index (χ3n) is 5.87. The Hall–Kier alpha value is -2.45. The molecule has 178 valence electrons. The number of aliphatic hydroxyl groups is 1. The molecule has 1 aliphatic rings. The van der Waals surface area contributed by atoms with Crippen LogP contribution in [0.1, 0.15) is 48.1 Å². The van der Waals surface area contributed by atoms with E-state index >= 15 is 0 Å². The van der Waals surface area contributed by atoms with E-state index in [0.717, 1.165) is 28.8 Å². The van der Waals surface area contributed by atoms with Crippen LogP contribution in [-0.4, -0.2) is 27.5 Å². The van der Waals surface area contributed by atoms with Crippen LogP contribution >= 0.6 is 0 Å². The molecule has 0 spiro atoms. The summed E-state index contributed by atoms with van der Waals surface area (Å²) < 4.78 is 56.9. The van der Waals surface area contributed by atoms with E-state index in [1.165, 1.54) is 12.1 Å². The quantitative estimate of drug-likeness (QED) is 0.418. The van der Waals surface area contributed by atoms with Crippen molar-refractivity contribution in [2.45, 2.75) is 58.2 Å². The topological polar surface area (TPSA) is 69.6 Å². The van der Waals surface area contributed by atoms with Gasteiger partial charge in [-0.3, -0.25) is 0 Å². The number of rotatable bonds is 5. The second-order valence-corrected chi connectivity index (χ2v) is 10.6. The highest BCUT2D eigenvalue weighted by molar-refractivity contribution is 7.91. The number of carbonyl (C=O) groups is 1. The summed E-state index contributed by atoms with van der Waals surface area (Å²) in [5.74, 6) is -0.687. The van der Waals surface area contributed by atoms with Gasteiger partial charge >= 0.3 is 12.1 Å². The van der Waals surface area contributed by atoms with Gasteiger partial charge in [0.2, 0.25) is 0 Å². The van der Waals surface area contributed by atoms with Crippen molar-refractivity contribution in [2.75, 3.05) is 5.75 Å². The highest BCUT2D eigenvalue weighted by Crippen LogP contribution is 2.39. The van der Waals surface area contributed by atoms with Crippen molar-refractivity contribution in [3.63, 3.8) is 0 Å². The lowest BCUT2D eigenvalue weighted by Gasteiger charge is -2.36. The minimum absolute atomic E-state index is 0.0432. The SMILES string of the molecule is Cc1cc(C)c(C2=C(O)CC(C(C)(C)C[S+]([O-])c3ccc(C(F)(F)F)cc3)OC2=O)c(C)c1. The summed E-state index contributed by atoms with van der Waals surface area (Å²) in [4.78, 5) is 13.2. The summed E-state index contributed by atoms with van der Waals surface area (Å²) >= 11 is -1.62. The van der Waals surface area contributed by atoms with Gasteiger partial charge < -0.3 is 14.4 Å². The maximum atomic E-state index is 12.9. The predicted molar refractivity (Wildman–Crippen MR) is 121 cm³/mol. The van der Waals surface area contributed by atoms with E-state index in [1.807, 2.05) is 32.9 Å². The molecule has 2 unspecified atom stereocenters. The molecule has 3 rings (SSSR count). The Morgan fingerprint density at radius 1 is 1.09 bits per heavy atom. The van der Waals surface area contributed by atoms with Crippen molar-refractivity contribution in [1.82, 2.24) is 0 Å². The molecule has 0 amide bonds. The van der Waals surface area contributed by atoms with Gasteiger partial charge in [-0.15, -0.1) is 0 Å². The maximum absolute atomic E-state index is 12.9. The Morgan fingerprint density at radius 2 is 1.64 bits per heavy atom. The summed E-state index contributed by atoms with van der Waals surface area (Å²) in [6.45, 7) is 9.20. The number of halogens is 3. The number of hydrogen-bond acceptors (Lipinski definition) is 4. The van der Waals surface area contributed by atoms with E-state index in [-0.39, 0.29) is 28.4 Å². The molecule has 2 aromatic carbocycles. The van der Waals surface area contributed by atoms with Gasteiger partial charge in [0.25, 0.3) is 0 Å². The molecule has 1 N–H and O–H groups in total. The van der Waals surface area contributed by atoms with Crippen LogP contribution in [0.5, 0.6) is 0 Å². The van der Waals surface area contributed by atoms with E-state index in [2.05, 4.69) is 0 Å². The van der Waals surface area contributed by atoms with Gasteiger partial charge in [0, 0.05) is 11.8 Å². The van der Waals surface area contributed by atoms with Crippen LogP contribution in [0.2, 0.25) is 0 Å².